The Bertz CT molecular complexity index is 841. The van der Waals surface area contributed by atoms with E-state index in [1.165, 1.54) is 11.1 Å². The number of rotatable bonds is 15. The monoisotopic (exact) mass is 486 g/mol. The molecular formula is C30H47O3P. The quantitative estimate of drug-likeness (QED) is 0.186. The van der Waals surface area contributed by atoms with E-state index in [1.54, 1.807) is 0 Å². The fourth-order valence-corrected chi connectivity index (χ4v) is 6.17. The van der Waals surface area contributed by atoms with Crippen molar-refractivity contribution in [3.05, 3.63) is 71.3 Å². The molecule has 0 fully saturated rings. The SMILES string of the molecule is CCCCOP(=O)(Cc1ccc(C(CC)CC(c2ccccc2)C(C)(C)C)cc1)OCCCC. The molecule has 0 saturated heterocycles. The van der Waals surface area contributed by atoms with Gasteiger partial charge in [0.2, 0.25) is 0 Å². The van der Waals surface area contributed by atoms with Crippen LogP contribution in [-0.4, -0.2) is 13.2 Å². The molecule has 0 N–H and O–H groups in total. The molecule has 3 nitrogen and oxygen atoms in total. The van der Waals surface area contributed by atoms with Gasteiger partial charge in [-0.15, -0.1) is 0 Å². The minimum Gasteiger partial charge on any atom is -0.308 e. The fraction of sp³-hybridized carbons (Fsp3) is 0.600. The van der Waals surface area contributed by atoms with Crippen LogP contribution in [0.2, 0.25) is 0 Å². The number of hydrogen-bond acceptors (Lipinski definition) is 3. The van der Waals surface area contributed by atoms with Crippen molar-refractivity contribution in [3.63, 3.8) is 0 Å². The zero-order valence-electron chi connectivity index (χ0n) is 22.4. The van der Waals surface area contributed by atoms with Gasteiger partial charge in [-0.2, -0.15) is 0 Å². The van der Waals surface area contributed by atoms with E-state index in [2.05, 4.69) is 96.1 Å². The summed E-state index contributed by atoms with van der Waals surface area (Å²) in [4.78, 5) is 0. The Morgan fingerprint density at radius 3 is 1.82 bits per heavy atom. The van der Waals surface area contributed by atoms with E-state index in [0.717, 1.165) is 44.1 Å². The van der Waals surface area contributed by atoms with Crippen LogP contribution in [0.5, 0.6) is 0 Å². The first-order valence-corrected chi connectivity index (χ1v) is 15.0. The molecule has 34 heavy (non-hydrogen) atoms. The number of unbranched alkanes of at least 4 members (excludes halogenated alkanes) is 2. The smallest absolute Gasteiger partial charge is 0.308 e. The summed E-state index contributed by atoms with van der Waals surface area (Å²) in [5.41, 5.74) is 3.97. The molecule has 4 heteroatoms. The van der Waals surface area contributed by atoms with Crippen LogP contribution in [0.15, 0.2) is 54.6 Å². The van der Waals surface area contributed by atoms with Crippen molar-refractivity contribution < 1.29 is 13.6 Å². The van der Waals surface area contributed by atoms with Gasteiger partial charge in [-0.3, -0.25) is 4.57 Å². The summed E-state index contributed by atoms with van der Waals surface area (Å²) >= 11 is 0. The molecule has 0 amide bonds. The maximum absolute atomic E-state index is 13.4. The predicted octanol–water partition coefficient (Wildman–Crippen LogP) is 9.73. The van der Waals surface area contributed by atoms with Crippen LogP contribution in [0, 0.1) is 5.41 Å². The second kappa shape index (κ2) is 14.2. The summed E-state index contributed by atoms with van der Waals surface area (Å²) in [5, 5.41) is 0. The van der Waals surface area contributed by atoms with E-state index in [0.29, 0.717) is 31.2 Å². The Labute approximate surface area is 209 Å². The molecule has 0 aliphatic heterocycles. The molecule has 2 atom stereocenters. The molecule has 2 rings (SSSR count). The second-order valence-corrected chi connectivity index (χ2v) is 12.6. The summed E-state index contributed by atoms with van der Waals surface area (Å²) in [7, 11) is -3.13. The third kappa shape index (κ3) is 9.33. The van der Waals surface area contributed by atoms with Gasteiger partial charge >= 0.3 is 7.60 Å². The molecule has 0 bridgehead atoms. The molecule has 0 aliphatic rings. The third-order valence-corrected chi connectivity index (χ3v) is 8.56. The molecule has 2 unspecified atom stereocenters. The van der Waals surface area contributed by atoms with Crippen molar-refractivity contribution in [2.24, 2.45) is 5.41 Å². The first kappa shape index (κ1) is 28.8. The maximum atomic E-state index is 13.4. The zero-order chi connectivity index (χ0) is 25.0. The van der Waals surface area contributed by atoms with Crippen LogP contribution >= 0.6 is 7.60 Å². The van der Waals surface area contributed by atoms with Crippen molar-refractivity contribution in [3.8, 4) is 0 Å². The van der Waals surface area contributed by atoms with Crippen LogP contribution in [0.3, 0.4) is 0 Å². The molecule has 0 heterocycles. The van der Waals surface area contributed by atoms with Crippen molar-refractivity contribution >= 4 is 7.60 Å². The summed E-state index contributed by atoms with van der Waals surface area (Å²) < 4.78 is 25.0. The normalized spacial score (nSPS) is 14.2. The average Bonchev–Trinajstić information content (AvgIpc) is 2.81. The van der Waals surface area contributed by atoms with Gasteiger partial charge in [-0.25, -0.2) is 0 Å². The van der Waals surface area contributed by atoms with Gasteiger partial charge in [-0.1, -0.05) is 109 Å². The van der Waals surface area contributed by atoms with Gasteiger partial charge in [0, 0.05) is 0 Å². The van der Waals surface area contributed by atoms with Gasteiger partial charge in [0.15, 0.2) is 0 Å². The first-order chi connectivity index (χ1) is 16.2. The van der Waals surface area contributed by atoms with Gasteiger partial charge in [-0.05, 0) is 59.6 Å². The lowest BCUT2D eigenvalue weighted by Gasteiger charge is -2.34. The minimum atomic E-state index is -3.13. The van der Waals surface area contributed by atoms with Crippen LogP contribution < -0.4 is 0 Å². The molecule has 0 spiro atoms. The van der Waals surface area contributed by atoms with Crippen molar-refractivity contribution in [2.45, 2.75) is 98.1 Å². The Balaban J connectivity index is 2.15. The Morgan fingerprint density at radius 1 is 0.794 bits per heavy atom. The number of benzene rings is 2. The highest BCUT2D eigenvalue weighted by molar-refractivity contribution is 7.53. The lowest BCUT2D eigenvalue weighted by molar-refractivity contribution is 0.199. The maximum Gasteiger partial charge on any atom is 0.335 e. The second-order valence-electron chi connectivity index (χ2n) is 10.6. The molecule has 190 valence electrons. The van der Waals surface area contributed by atoms with Gasteiger partial charge in [0.1, 0.15) is 0 Å². The number of hydrogen-bond donors (Lipinski definition) is 0. The lowest BCUT2D eigenvalue weighted by Crippen LogP contribution is -2.21. The minimum absolute atomic E-state index is 0.188. The van der Waals surface area contributed by atoms with Crippen LogP contribution in [0.1, 0.15) is 109 Å². The summed E-state index contributed by atoms with van der Waals surface area (Å²) in [5.74, 6) is 0.962. The summed E-state index contributed by atoms with van der Waals surface area (Å²) in [6.45, 7) is 14.5. The molecule has 0 aromatic heterocycles. The first-order valence-electron chi connectivity index (χ1n) is 13.2. The van der Waals surface area contributed by atoms with Gasteiger partial charge in [0.05, 0.1) is 19.4 Å². The Morgan fingerprint density at radius 2 is 1.35 bits per heavy atom. The lowest BCUT2D eigenvalue weighted by atomic mass is 9.70. The highest BCUT2D eigenvalue weighted by Crippen LogP contribution is 2.52. The fourth-order valence-electron chi connectivity index (χ4n) is 4.44. The molecule has 0 radical (unpaired) electrons. The van der Waals surface area contributed by atoms with E-state index in [-0.39, 0.29) is 5.41 Å². The summed E-state index contributed by atoms with van der Waals surface area (Å²) in [6.07, 6.45) is 6.37. The van der Waals surface area contributed by atoms with Crippen molar-refractivity contribution in [1.82, 2.24) is 0 Å². The average molecular weight is 487 g/mol. The molecule has 2 aromatic carbocycles. The van der Waals surface area contributed by atoms with E-state index in [4.69, 9.17) is 9.05 Å². The van der Waals surface area contributed by atoms with E-state index in [1.807, 2.05) is 0 Å². The highest BCUT2D eigenvalue weighted by atomic mass is 31.2. The molecule has 2 aromatic rings. The van der Waals surface area contributed by atoms with Crippen LogP contribution in [0.4, 0.5) is 0 Å². The van der Waals surface area contributed by atoms with E-state index >= 15 is 0 Å². The van der Waals surface area contributed by atoms with E-state index < -0.39 is 7.60 Å². The third-order valence-electron chi connectivity index (χ3n) is 6.66. The Kier molecular flexibility index (Phi) is 12.1. The molecular weight excluding hydrogens is 439 g/mol. The highest BCUT2D eigenvalue weighted by Gasteiger charge is 2.29. The van der Waals surface area contributed by atoms with Crippen LogP contribution in [-0.2, 0) is 19.8 Å². The van der Waals surface area contributed by atoms with E-state index in [9.17, 15) is 4.57 Å². The standard InChI is InChI=1S/C30H47O3P/c1-7-10-21-32-34(31,33-22-11-8-2)24-25-17-19-27(20-18-25)26(9-3)23-29(30(4,5)6)28-15-13-12-14-16-28/h12-20,26,29H,7-11,21-24H2,1-6H3. The van der Waals surface area contributed by atoms with Crippen molar-refractivity contribution in [2.75, 3.05) is 13.2 Å². The van der Waals surface area contributed by atoms with Crippen LogP contribution in [0.25, 0.3) is 0 Å². The van der Waals surface area contributed by atoms with Gasteiger partial charge in [0.25, 0.3) is 0 Å². The molecule has 0 aliphatic carbocycles. The van der Waals surface area contributed by atoms with Gasteiger partial charge < -0.3 is 9.05 Å². The zero-order valence-corrected chi connectivity index (χ0v) is 23.3. The predicted molar refractivity (Wildman–Crippen MR) is 146 cm³/mol. The largest absolute Gasteiger partial charge is 0.335 e. The summed E-state index contributed by atoms with van der Waals surface area (Å²) in [6, 6.07) is 19.6. The van der Waals surface area contributed by atoms with Crippen molar-refractivity contribution in [1.29, 1.82) is 0 Å². The Hall–Kier alpha value is -1.41. The topological polar surface area (TPSA) is 35.5 Å². The molecule has 0 saturated carbocycles.